The Bertz CT molecular complexity index is 866. The van der Waals surface area contributed by atoms with Gasteiger partial charge in [-0.1, -0.05) is 29.8 Å². The van der Waals surface area contributed by atoms with Gasteiger partial charge in [-0.15, -0.1) is 23.5 Å². The fourth-order valence-electron chi connectivity index (χ4n) is 2.42. The molecule has 0 atom stereocenters. The van der Waals surface area contributed by atoms with Crippen molar-refractivity contribution in [1.82, 2.24) is 14.2 Å². The minimum atomic E-state index is -0.164. The average molecular weight is 391 g/mol. The highest BCUT2D eigenvalue weighted by Crippen LogP contribution is 2.33. The maximum Gasteiger partial charge on any atom is 0.261 e. The Kier molecular flexibility index (Phi) is 5.82. The molecule has 1 amide bonds. The molecule has 0 radical (unpaired) electrons. The van der Waals surface area contributed by atoms with Crippen molar-refractivity contribution in [2.45, 2.75) is 22.7 Å². The fourth-order valence-corrected chi connectivity index (χ4v) is 4.70. The van der Waals surface area contributed by atoms with Crippen LogP contribution in [0.25, 0.3) is 0 Å². The molecule has 8 heteroatoms. The Labute approximate surface area is 159 Å². The number of nitrogens with one attached hydrogen (secondary N) is 1. The van der Waals surface area contributed by atoms with E-state index in [-0.39, 0.29) is 5.91 Å². The molecule has 3 aromatic rings. The summed E-state index contributed by atoms with van der Waals surface area (Å²) >= 11 is 4.37. The van der Waals surface area contributed by atoms with E-state index in [0.717, 1.165) is 9.24 Å². The minimum absolute atomic E-state index is 0.164. The predicted octanol–water partition coefficient (Wildman–Crippen LogP) is 4.39. The summed E-state index contributed by atoms with van der Waals surface area (Å²) in [7, 11) is 0. The third-order valence-electron chi connectivity index (χ3n) is 3.54. The maximum absolute atomic E-state index is 12.6. The zero-order valence-electron chi connectivity index (χ0n) is 14.1. The van der Waals surface area contributed by atoms with E-state index in [1.165, 1.54) is 46.2 Å². The molecule has 0 unspecified atom stereocenters. The van der Waals surface area contributed by atoms with E-state index in [2.05, 4.69) is 39.9 Å². The molecule has 0 fully saturated rings. The van der Waals surface area contributed by atoms with Crippen molar-refractivity contribution in [3.8, 4) is 0 Å². The molecular formula is C17H18N4OS3. The normalized spacial score (nSPS) is 10.8. The topological polar surface area (TPSA) is 59.8 Å². The molecule has 130 valence electrons. The molecule has 25 heavy (non-hydrogen) atoms. The summed E-state index contributed by atoms with van der Waals surface area (Å²) in [5.41, 5.74) is 3.04. The van der Waals surface area contributed by atoms with Crippen LogP contribution in [0.3, 0.4) is 0 Å². The van der Waals surface area contributed by atoms with Crippen LogP contribution in [0.15, 0.2) is 45.8 Å². The first-order chi connectivity index (χ1) is 12.1. The third kappa shape index (κ3) is 4.26. The van der Waals surface area contributed by atoms with E-state index in [0.29, 0.717) is 17.9 Å². The number of hydrogen-bond donors (Lipinski definition) is 1. The fraction of sp³-hybridized carbons (Fsp3) is 0.235. The van der Waals surface area contributed by atoms with E-state index in [4.69, 9.17) is 0 Å². The van der Waals surface area contributed by atoms with Gasteiger partial charge in [0.05, 0.1) is 16.3 Å². The lowest BCUT2D eigenvalue weighted by Crippen LogP contribution is -2.14. The largest absolute Gasteiger partial charge is 0.305 e. The number of hydrogen-bond acceptors (Lipinski definition) is 6. The van der Waals surface area contributed by atoms with Gasteiger partial charge in [-0.3, -0.25) is 9.48 Å². The molecule has 0 saturated heterocycles. The molecule has 0 spiro atoms. The summed E-state index contributed by atoms with van der Waals surface area (Å²) < 4.78 is 7.07. The molecule has 0 aliphatic heterocycles. The Morgan fingerprint density at radius 1 is 1.28 bits per heavy atom. The second-order valence-electron chi connectivity index (χ2n) is 5.40. The van der Waals surface area contributed by atoms with Crippen molar-refractivity contribution >= 4 is 46.8 Å². The molecule has 2 aromatic heterocycles. The monoisotopic (exact) mass is 390 g/mol. The summed E-state index contributed by atoms with van der Waals surface area (Å²) in [4.78, 5) is 12.6. The zero-order valence-corrected chi connectivity index (χ0v) is 16.6. The molecule has 5 nitrogen and oxygen atoms in total. The van der Waals surface area contributed by atoms with Crippen LogP contribution in [0, 0.1) is 6.92 Å². The first-order valence-corrected chi connectivity index (χ1v) is 10.8. The van der Waals surface area contributed by atoms with Gasteiger partial charge in [0.2, 0.25) is 0 Å². The lowest BCUT2D eigenvalue weighted by molar-refractivity contribution is 0.102. The van der Waals surface area contributed by atoms with Gasteiger partial charge in [-0.25, -0.2) is 0 Å². The van der Waals surface area contributed by atoms with E-state index in [1.54, 1.807) is 0 Å². The van der Waals surface area contributed by atoms with Crippen LogP contribution < -0.4 is 5.32 Å². The highest BCUT2D eigenvalue weighted by Gasteiger charge is 2.20. The summed E-state index contributed by atoms with van der Waals surface area (Å²) in [6, 6.07) is 10.1. The van der Waals surface area contributed by atoms with E-state index < -0.39 is 0 Å². The van der Waals surface area contributed by atoms with Crippen LogP contribution in [0.4, 0.5) is 5.82 Å². The molecule has 2 heterocycles. The standard InChI is InChI=1S/C17H18N4OS3/c1-11-5-4-6-12(9-11)10-21-8-7-13(19-21)18-15(22)14-16(23-2)20-25-17(14)24-3/h4-9H,10H2,1-3H3,(H,18,19,22). The van der Waals surface area contributed by atoms with Crippen LogP contribution >= 0.6 is 35.1 Å². The van der Waals surface area contributed by atoms with Crippen LogP contribution in [0.5, 0.6) is 0 Å². The summed E-state index contributed by atoms with van der Waals surface area (Å²) in [5.74, 6) is 0.381. The van der Waals surface area contributed by atoms with E-state index >= 15 is 0 Å². The second kappa shape index (κ2) is 8.07. The summed E-state index contributed by atoms with van der Waals surface area (Å²) in [6.07, 6.45) is 5.74. The number of rotatable bonds is 6. The smallest absolute Gasteiger partial charge is 0.261 e. The number of nitrogens with zero attached hydrogens (tertiary/aromatic N) is 3. The van der Waals surface area contributed by atoms with Crippen molar-refractivity contribution in [1.29, 1.82) is 0 Å². The van der Waals surface area contributed by atoms with Crippen molar-refractivity contribution in [3.63, 3.8) is 0 Å². The predicted molar refractivity (Wildman–Crippen MR) is 106 cm³/mol. The van der Waals surface area contributed by atoms with Crippen LogP contribution in [-0.4, -0.2) is 32.6 Å². The van der Waals surface area contributed by atoms with Crippen LogP contribution in [0.1, 0.15) is 21.5 Å². The van der Waals surface area contributed by atoms with Crippen molar-refractivity contribution < 1.29 is 4.79 Å². The molecule has 0 aliphatic carbocycles. The maximum atomic E-state index is 12.6. The molecule has 0 saturated carbocycles. The van der Waals surface area contributed by atoms with Gasteiger partial charge in [0.15, 0.2) is 5.82 Å². The highest BCUT2D eigenvalue weighted by atomic mass is 32.2. The van der Waals surface area contributed by atoms with Gasteiger partial charge in [0, 0.05) is 12.3 Å². The Morgan fingerprint density at radius 3 is 2.84 bits per heavy atom. The SMILES string of the molecule is CSc1nsc(SC)c1C(=O)Nc1ccn(Cc2cccc(C)c2)n1. The molecule has 1 aromatic carbocycles. The van der Waals surface area contributed by atoms with Crippen LogP contribution in [0.2, 0.25) is 0 Å². The molecule has 3 rings (SSSR count). The highest BCUT2D eigenvalue weighted by molar-refractivity contribution is 8.01. The van der Waals surface area contributed by atoms with Crippen molar-refractivity contribution in [3.05, 3.63) is 53.2 Å². The number of aromatic nitrogens is 3. The lowest BCUT2D eigenvalue weighted by atomic mass is 10.1. The number of carbonyl (C=O) groups is 1. The Hall–Kier alpha value is -1.77. The third-order valence-corrected chi connectivity index (χ3v) is 6.28. The molecule has 0 bridgehead atoms. The average Bonchev–Trinajstić information content (AvgIpc) is 3.21. The first-order valence-electron chi connectivity index (χ1n) is 7.58. The van der Waals surface area contributed by atoms with Crippen molar-refractivity contribution in [2.75, 3.05) is 17.8 Å². The Morgan fingerprint density at radius 2 is 2.12 bits per heavy atom. The number of anilines is 1. The number of carbonyl (C=O) groups excluding carboxylic acids is 1. The molecule has 1 N–H and O–H groups in total. The lowest BCUT2D eigenvalue weighted by Gasteiger charge is -2.05. The second-order valence-corrected chi connectivity index (χ2v) is 8.04. The molecular weight excluding hydrogens is 372 g/mol. The van der Waals surface area contributed by atoms with E-state index in [1.807, 2.05) is 35.5 Å². The van der Waals surface area contributed by atoms with E-state index in [9.17, 15) is 4.79 Å². The first kappa shape index (κ1) is 18.0. The van der Waals surface area contributed by atoms with Gasteiger partial charge in [0.1, 0.15) is 5.03 Å². The zero-order chi connectivity index (χ0) is 17.8. The van der Waals surface area contributed by atoms with Gasteiger partial charge in [-0.2, -0.15) is 9.47 Å². The number of benzene rings is 1. The number of amides is 1. The van der Waals surface area contributed by atoms with Gasteiger partial charge < -0.3 is 5.32 Å². The number of aryl methyl sites for hydroxylation is 1. The van der Waals surface area contributed by atoms with Gasteiger partial charge in [-0.05, 0) is 36.5 Å². The van der Waals surface area contributed by atoms with Gasteiger partial charge >= 0.3 is 0 Å². The summed E-state index contributed by atoms with van der Waals surface area (Å²) in [6.45, 7) is 2.74. The Balaban J connectivity index is 1.73. The quantitative estimate of drug-likeness (QED) is 0.633. The minimum Gasteiger partial charge on any atom is -0.305 e. The van der Waals surface area contributed by atoms with Crippen LogP contribution in [-0.2, 0) is 6.54 Å². The number of thioether (sulfide) groups is 2. The molecule has 0 aliphatic rings. The summed E-state index contributed by atoms with van der Waals surface area (Å²) in [5, 5.41) is 8.09. The van der Waals surface area contributed by atoms with Gasteiger partial charge in [0.25, 0.3) is 5.91 Å². The van der Waals surface area contributed by atoms with Crippen molar-refractivity contribution in [2.24, 2.45) is 0 Å².